The normalized spacial score (nSPS) is 18.5. The van der Waals surface area contributed by atoms with Gasteiger partial charge in [0.15, 0.2) is 0 Å². The summed E-state index contributed by atoms with van der Waals surface area (Å²) in [6.45, 7) is 5.69. The van der Waals surface area contributed by atoms with Crippen molar-refractivity contribution in [3.8, 4) is 0 Å². The van der Waals surface area contributed by atoms with Gasteiger partial charge in [-0.25, -0.2) is 4.39 Å². The van der Waals surface area contributed by atoms with E-state index in [0.717, 1.165) is 31.4 Å². The van der Waals surface area contributed by atoms with Gasteiger partial charge in [0, 0.05) is 44.0 Å². The van der Waals surface area contributed by atoms with E-state index < -0.39 is 0 Å². The van der Waals surface area contributed by atoms with Gasteiger partial charge >= 0.3 is 0 Å². The first kappa shape index (κ1) is 25.8. The largest absolute Gasteiger partial charge is 0.339 e. The van der Waals surface area contributed by atoms with Crippen LogP contribution in [0.25, 0.3) is 0 Å². The molecule has 1 saturated heterocycles. The van der Waals surface area contributed by atoms with Crippen molar-refractivity contribution >= 4 is 23.2 Å². The zero-order chi connectivity index (χ0) is 24.6. The zero-order valence-electron chi connectivity index (χ0n) is 20.9. The number of thiophene rings is 1. The van der Waals surface area contributed by atoms with Crippen LogP contribution >= 0.6 is 11.3 Å². The molecule has 1 aromatic heterocycles. The van der Waals surface area contributed by atoms with Crippen LogP contribution in [0.1, 0.15) is 73.9 Å². The first-order valence-electron chi connectivity index (χ1n) is 13.2. The van der Waals surface area contributed by atoms with E-state index in [1.807, 2.05) is 15.9 Å². The molecular weight excluding hydrogens is 461 g/mol. The number of hydrogen-bond donors (Lipinski definition) is 0. The molecule has 0 saturated carbocycles. The Morgan fingerprint density at radius 2 is 1.66 bits per heavy atom. The Kier molecular flexibility index (Phi) is 9.32. The highest BCUT2D eigenvalue weighted by atomic mass is 32.1. The molecule has 35 heavy (non-hydrogen) atoms. The summed E-state index contributed by atoms with van der Waals surface area (Å²) in [5.74, 6) is 0.0609. The van der Waals surface area contributed by atoms with Crippen LogP contribution in [-0.2, 0) is 16.0 Å². The molecule has 190 valence electrons. The molecule has 4 rings (SSSR count). The summed E-state index contributed by atoms with van der Waals surface area (Å²) in [5.41, 5.74) is 2.08. The summed E-state index contributed by atoms with van der Waals surface area (Å²) >= 11 is 1.74. The molecule has 0 spiro atoms. The first-order chi connectivity index (χ1) is 17.1. The standard InChI is InChI=1S/C28H38FN3O2S/c1-2-3-4-5-6-7-11-26(33)30-15-17-31(18-16-30)27(34)21-32-14-12-25-24(13-19-35-25)28(32)22-9-8-10-23(29)20-22/h8-10,13,19-20,28H,2-7,11-12,14-18,21H2,1H3/t28-/m1/s1. The van der Waals surface area contributed by atoms with Crippen LogP contribution in [0.15, 0.2) is 35.7 Å². The van der Waals surface area contributed by atoms with E-state index in [0.29, 0.717) is 39.1 Å². The summed E-state index contributed by atoms with van der Waals surface area (Å²) in [7, 11) is 0. The van der Waals surface area contributed by atoms with Crippen molar-refractivity contribution in [3.05, 3.63) is 57.5 Å². The van der Waals surface area contributed by atoms with Crippen LogP contribution in [0.5, 0.6) is 0 Å². The molecule has 2 amide bonds. The number of benzene rings is 1. The third kappa shape index (κ3) is 6.70. The highest BCUT2D eigenvalue weighted by Gasteiger charge is 2.33. The van der Waals surface area contributed by atoms with Crippen molar-refractivity contribution in [2.24, 2.45) is 0 Å². The van der Waals surface area contributed by atoms with E-state index in [4.69, 9.17) is 0 Å². The second-order valence-corrected chi connectivity index (χ2v) is 10.8. The number of rotatable bonds is 10. The smallest absolute Gasteiger partial charge is 0.236 e. The minimum absolute atomic E-state index is 0.0908. The van der Waals surface area contributed by atoms with Crippen LogP contribution in [0.3, 0.4) is 0 Å². The first-order valence-corrected chi connectivity index (χ1v) is 14.1. The van der Waals surface area contributed by atoms with E-state index in [-0.39, 0.29) is 23.7 Å². The summed E-state index contributed by atoms with van der Waals surface area (Å²) in [5, 5.41) is 2.09. The van der Waals surface area contributed by atoms with Crippen molar-refractivity contribution in [2.45, 2.75) is 64.3 Å². The van der Waals surface area contributed by atoms with Gasteiger partial charge in [-0.2, -0.15) is 0 Å². The number of hydrogen-bond acceptors (Lipinski definition) is 4. The molecule has 7 heteroatoms. The van der Waals surface area contributed by atoms with Crippen LogP contribution in [0, 0.1) is 5.82 Å². The SMILES string of the molecule is CCCCCCCCC(=O)N1CCN(C(=O)CN2CCc3sccc3[C@H]2c2cccc(F)c2)CC1. The molecule has 1 fully saturated rings. The molecule has 2 aliphatic heterocycles. The number of unbranched alkanes of at least 4 members (excludes halogenated alkanes) is 5. The minimum Gasteiger partial charge on any atom is -0.339 e. The van der Waals surface area contributed by atoms with Crippen molar-refractivity contribution < 1.29 is 14.0 Å². The zero-order valence-corrected chi connectivity index (χ0v) is 21.7. The monoisotopic (exact) mass is 499 g/mol. The second kappa shape index (κ2) is 12.6. The molecular formula is C28H38FN3O2S. The summed E-state index contributed by atoms with van der Waals surface area (Å²) in [6.07, 6.45) is 8.60. The van der Waals surface area contributed by atoms with Gasteiger partial charge in [-0.15, -0.1) is 11.3 Å². The topological polar surface area (TPSA) is 43.9 Å². The summed E-state index contributed by atoms with van der Waals surface area (Å²) < 4.78 is 14.0. The van der Waals surface area contributed by atoms with E-state index in [9.17, 15) is 14.0 Å². The van der Waals surface area contributed by atoms with Crippen LogP contribution in [0.2, 0.25) is 0 Å². The third-order valence-corrected chi connectivity index (χ3v) is 8.29. The summed E-state index contributed by atoms with van der Waals surface area (Å²) in [4.78, 5) is 33.1. The molecule has 0 radical (unpaired) electrons. The van der Waals surface area contributed by atoms with E-state index in [2.05, 4.69) is 23.3 Å². The van der Waals surface area contributed by atoms with Gasteiger partial charge in [0.05, 0.1) is 12.6 Å². The Balaban J connectivity index is 1.29. The highest BCUT2D eigenvalue weighted by Crippen LogP contribution is 2.37. The Morgan fingerprint density at radius 1 is 0.943 bits per heavy atom. The lowest BCUT2D eigenvalue weighted by atomic mass is 9.93. The second-order valence-electron chi connectivity index (χ2n) is 9.76. The average Bonchev–Trinajstić information content (AvgIpc) is 3.35. The van der Waals surface area contributed by atoms with Gasteiger partial charge in [0.25, 0.3) is 0 Å². The molecule has 3 heterocycles. The van der Waals surface area contributed by atoms with Crippen LogP contribution in [0.4, 0.5) is 4.39 Å². The fourth-order valence-electron chi connectivity index (χ4n) is 5.30. The number of carbonyl (C=O) groups is 2. The molecule has 0 unspecified atom stereocenters. The predicted octanol–water partition coefficient (Wildman–Crippen LogP) is 5.26. The fraction of sp³-hybridized carbons (Fsp3) is 0.571. The van der Waals surface area contributed by atoms with Gasteiger partial charge in [-0.3, -0.25) is 14.5 Å². The molecule has 1 aromatic carbocycles. The van der Waals surface area contributed by atoms with Gasteiger partial charge in [-0.1, -0.05) is 51.2 Å². The molecule has 1 atom stereocenters. The maximum atomic E-state index is 14.0. The van der Waals surface area contributed by atoms with Crippen molar-refractivity contribution in [2.75, 3.05) is 39.3 Å². The fourth-order valence-corrected chi connectivity index (χ4v) is 6.20. The number of carbonyl (C=O) groups excluding carboxylic acids is 2. The van der Waals surface area contributed by atoms with Crippen molar-refractivity contribution in [3.63, 3.8) is 0 Å². The maximum absolute atomic E-state index is 14.0. The molecule has 0 aliphatic carbocycles. The maximum Gasteiger partial charge on any atom is 0.236 e. The number of piperazine rings is 1. The number of fused-ring (bicyclic) bond motifs is 1. The van der Waals surface area contributed by atoms with E-state index in [1.165, 1.54) is 42.2 Å². The number of nitrogens with zero attached hydrogens (tertiary/aromatic N) is 3. The molecule has 5 nitrogen and oxygen atoms in total. The molecule has 2 aromatic rings. The molecule has 2 aliphatic rings. The van der Waals surface area contributed by atoms with Gasteiger partial charge in [0.2, 0.25) is 11.8 Å². The van der Waals surface area contributed by atoms with Crippen LogP contribution in [-0.4, -0.2) is 65.8 Å². The molecule has 0 N–H and O–H groups in total. The highest BCUT2D eigenvalue weighted by molar-refractivity contribution is 7.10. The lowest BCUT2D eigenvalue weighted by Gasteiger charge is -2.39. The van der Waals surface area contributed by atoms with E-state index >= 15 is 0 Å². The van der Waals surface area contributed by atoms with Gasteiger partial charge < -0.3 is 9.80 Å². The van der Waals surface area contributed by atoms with Crippen LogP contribution < -0.4 is 0 Å². The quantitative estimate of drug-likeness (QED) is 0.419. The molecule has 0 bridgehead atoms. The van der Waals surface area contributed by atoms with Crippen molar-refractivity contribution in [1.29, 1.82) is 0 Å². The predicted molar refractivity (Wildman–Crippen MR) is 139 cm³/mol. The van der Waals surface area contributed by atoms with Crippen molar-refractivity contribution in [1.82, 2.24) is 14.7 Å². The lowest BCUT2D eigenvalue weighted by molar-refractivity contribution is -0.140. The average molecular weight is 500 g/mol. The Morgan fingerprint density at radius 3 is 2.40 bits per heavy atom. The van der Waals surface area contributed by atoms with Gasteiger partial charge in [-0.05, 0) is 47.5 Å². The Hall–Kier alpha value is -2.25. The summed E-state index contributed by atoms with van der Waals surface area (Å²) in [6, 6.07) is 8.75. The van der Waals surface area contributed by atoms with Gasteiger partial charge in [0.1, 0.15) is 5.82 Å². The number of amides is 2. The lowest BCUT2D eigenvalue weighted by Crippen LogP contribution is -2.53. The minimum atomic E-state index is -0.252. The Labute approximate surface area is 212 Å². The van der Waals surface area contributed by atoms with E-state index in [1.54, 1.807) is 23.5 Å². The number of halogens is 1. The Bertz CT molecular complexity index is 986. The third-order valence-electron chi connectivity index (χ3n) is 7.30.